The lowest BCUT2D eigenvalue weighted by Crippen LogP contribution is -2.38. The Hall–Kier alpha value is -2.24. The van der Waals surface area contributed by atoms with Crippen molar-refractivity contribution >= 4 is 5.91 Å². The topological polar surface area (TPSA) is 63.9 Å². The lowest BCUT2D eigenvalue weighted by atomic mass is 9.95. The molecular formula is C19H27N5O. The second-order valence-electron chi connectivity index (χ2n) is 8.01. The summed E-state index contributed by atoms with van der Waals surface area (Å²) in [6.07, 6.45) is 7.33. The van der Waals surface area contributed by atoms with E-state index in [1.165, 1.54) is 0 Å². The Kier molecular flexibility index (Phi) is 4.62. The molecule has 1 saturated heterocycles. The maximum Gasteiger partial charge on any atom is 0.227 e. The molecule has 6 heteroatoms. The number of amides is 1. The van der Waals surface area contributed by atoms with Crippen molar-refractivity contribution in [3.8, 4) is 11.4 Å². The van der Waals surface area contributed by atoms with E-state index in [4.69, 9.17) is 4.98 Å². The van der Waals surface area contributed by atoms with Gasteiger partial charge >= 0.3 is 0 Å². The van der Waals surface area contributed by atoms with Crippen molar-refractivity contribution in [3.63, 3.8) is 0 Å². The van der Waals surface area contributed by atoms with Gasteiger partial charge in [0.2, 0.25) is 5.91 Å². The third-order valence-corrected chi connectivity index (χ3v) is 4.88. The summed E-state index contributed by atoms with van der Waals surface area (Å²) in [5.41, 5.74) is 2.49. The number of aryl methyl sites for hydroxylation is 1. The Morgan fingerprint density at radius 2 is 2.04 bits per heavy atom. The largest absolute Gasteiger partial charge is 0.342 e. The van der Waals surface area contributed by atoms with Crippen LogP contribution in [0.15, 0.2) is 18.6 Å². The number of likely N-dealkylation sites (tertiary alicyclic amines) is 1. The van der Waals surface area contributed by atoms with Crippen molar-refractivity contribution in [2.45, 2.75) is 40.5 Å². The number of hydrogen-bond acceptors (Lipinski definition) is 4. The number of nitrogens with zero attached hydrogens (tertiary/aromatic N) is 5. The highest BCUT2D eigenvalue weighted by molar-refractivity contribution is 5.81. The zero-order valence-corrected chi connectivity index (χ0v) is 15.8. The highest BCUT2D eigenvalue weighted by Gasteiger charge is 2.32. The molecule has 2 aromatic heterocycles. The van der Waals surface area contributed by atoms with E-state index in [9.17, 15) is 4.79 Å². The van der Waals surface area contributed by atoms with Gasteiger partial charge in [-0.2, -0.15) is 0 Å². The summed E-state index contributed by atoms with van der Waals surface area (Å²) in [6.45, 7) is 9.57. The normalized spacial score (nSPS) is 18.0. The summed E-state index contributed by atoms with van der Waals surface area (Å²) in [5.74, 6) is 1.64. The first-order chi connectivity index (χ1) is 11.8. The molecule has 3 heterocycles. The lowest BCUT2D eigenvalue weighted by Gasteiger charge is -2.25. The molecule has 0 bridgehead atoms. The second kappa shape index (κ2) is 6.58. The predicted octanol–water partition coefficient (Wildman–Crippen LogP) is 2.62. The maximum atomic E-state index is 12.4. The van der Waals surface area contributed by atoms with Crippen molar-refractivity contribution < 1.29 is 4.79 Å². The first-order valence-electron chi connectivity index (χ1n) is 8.84. The van der Waals surface area contributed by atoms with Gasteiger partial charge in [0.1, 0.15) is 11.5 Å². The van der Waals surface area contributed by atoms with Crippen molar-refractivity contribution in [2.24, 2.45) is 18.4 Å². The zero-order chi connectivity index (χ0) is 18.2. The van der Waals surface area contributed by atoms with Crippen LogP contribution in [-0.2, 0) is 18.3 Å². The minimum atomic E-state index is -0.313. The van der Waals surface area contributed by atoms with Gasteiger partial charge in [-0.05, 0) is 25.7 Å². The molecule has 2 aromatic rings. The zero-order valence-electron chi connectivity index (χ0n) is 15.8. The highest BCUT2D eigenvalue weighted by atomic mass is 16.2. The summed E-state index contributed by atoms with van der Waals surface area (Å²) in [5, 5.41) is 0. The van der Waals surface area contributed by atoms with Gasteiger partial charge < -0.3 is 9.47 Å². The van der Waals surface area contributed by atoms with Crippen LogP contribution in [0.5, 0.6) is 0 Å². The molecule has 1 fully saturated rings. The van der Waals surface area contributed by atoms with Crippen LogP contribution in [0.2, 0.25) is 0 Å². The van der Waals surface area contributed by atoms with Gasteiger partial charge in [0.25, 0.3) is 0 Å². The van der Waals surface area contributed by atoms with Gasteiger partial charge in [-0.1, -0.05) is 20.8 Å². The molecule has 6 nitrogen and oxygen atoms in total. The van der Waals surface area contributed by atoms with Gasteiger partial charge in [0.05, 0.1) is 23.8 Å². The molecular weight excluding hydrogens is 314 g/mol. The highest BCUT2D eigenvalue weighted by Crippen LogP contribution is 2.26. The minimum absolute atomic E-state index is 0.236. The van der Waals surface area contributed by atoms with Gasteiger partial charge in [0, 0.05) is 31.7 Å². The monoisotopic (exact) mass is 341 g/mol. The molecule has 0 saturated carbocycles. The van der Waals surface area contributed by atoms with Crippen LogP contribution in [0.4, 0.5) is 0 Å². The summed E-state index contributed by atoms with van der Waals surface area (Å²) in [7, 11) is 1.99. The molecule has 0 aromatic carbocycles. The molecule has 0 aliphatic carbocycles. The fraction of sp³-hybridized carbons (Fsp3) is 0.579. The molecule has 1 amide bonds. The quantitative estimate of drug-likeness (QED) is 0.861. The Labute approximate surface area is 149 Å². The Morgan fingerprint density at radius 3 is 2.68 bits per heavy atom. The fourth-order valence-electron chi connectivity index (χ4n) is 3.32. The van der Waals surface area contributed by atoms with Gasteiger partial charge in [-0.25, -0.2) is 9.97 Å². The molecule has 25 heavy (non-hydrogen) atoms. The average Bonchev–Trinajstić information content (AvgIpc) is 3.14. The standard InChI is InChI=1S/C19H27N5O/c1-13-21-11-17(23(13)5)16-10-20-9-15(22-16)8-14-6-7-24(12-14)18(25)19(2,3)4/h9-11,14H,6-8,12H2,1-5H3/t14-/m1/s1. The molecule has 1 aliphatic rings. The molecule has 1 aliphatic heterocycles. The Balaban J connectivity index is 1.70. The van der Waals surface area contributed by atoms with Crippen LogP contribution in [0, 0.1) is 18.3 Å². The van der Waals surface area contributed by atoms with Gasteiger partial charge in [0.15, 0.2) is 0 Å². The molecule has 0 N–H and O–H groups in total. The van der Waals surface area contributed by atoms with E-state index in [-0.39, 0.29) is 11.3 Å². The van der Waals surface area contributed by atoms with E-state index < -0.39 is 0 Å². The number of rotatable bonds is 3. The van der Waals surface area contributed by atoms with Crippen LogP contribution >= 0.6 is 0 Å². The van der Waals surface area contributed by atoms with Crippen LogP contribution in [0.1, 0.15) is 38.7 Å². The van der Waals surface area contributed by atoms with Crippen molar-refractivity contribution in [2.75, 3.05) is 13.1 Å². The Morgan fingerprint density at radius 1 is 1.28 bits per heavy atom. The van der Waals surface area contributed by atoms with E-state index in [0.29, 0.717) is 5.92 Å². The predicted molar refractivity (Wildman–Crippen MR) is 96.8 cm³/mol. The third-order valence-electron chi connectivity index (χ3n) is 4.88. The van der Waals surface area contributed by atoms with E-state index in [1.54, 1.807) is 6.20 Å². The number of aromatic nitrogens is 4. The number of carbonyl (C=O) groups is 1. The van der Waals surface area contributed by atoms with Gasteiger partial charge in [-0.3, -0.25) is 9.78 Å². The van der Waals surface area contributed by atoms with E-state index in [2.05, 4.69) is 9.97 Å². The Bertz CT molecular complexity index is 774. The van der Waals surface area contributed by atoms with Crippen LogP contribution < -0.4 is 0 Å². The summed E-state index contributed by atoms with van der Waals surface area (Å²) in [6, 6.07) is 0. The molecule has 0 unspecified atom stereocenters. The molecule has 0 radical (unpaired) electrons. The molecule has 134 valence electrons. The molecule has 1 atom stereocenters. The van der Waals surface area contributed by atoms with E-state index in [0.717, 1.165) is 48.8 Å². The van der Waals surface area contributed by atoms with Crippen LogP contribution in [0.25, 0.3) is 11.4 Å². The van der Waals surface area contributed by atoms with E-state index in [1.807, 2.05) is 56.6 Å². The smallest absolute Gasteiger partial charge is 0.227 e. The molecule has 0 spiro atoms. The molecule has 3 rings (SSSR count). The first-order valence-corrected chi connectivity index (χ1v) is 8.84. The second-order valence-corrected chi connectivity index (χ2v) is 8.01. The van der Waals surface area contributed by atoms with Crippen LogP contribution in [0.3, 0.4) is 0 Å². The van der Waals surface area contributed by atoms with Gasteiger partial charge in [-0.15, -0.1) is 0 Å². The number of hydrogen-bond donors (Lipinski definition) is 0. The van der Waals surface area contributed by atoms with Crippen molar-refractivity contribution in [1.29, 1.82) is 0 Å². The van der Waals surface area contributed by atoms with Crippen molar-refractivity contribution in [3.05, 3.63) is 30.1 Å². The number of carbonyl (C=O) groups excluding carboxylic acids is 1. The lowest BCUT2D eigenvalue weighted by molar-refractivity contribution is -0.138. The first kappa shape index (κ1) is 17.6. The summed E-state index contributed by atoms with van der Waals surface area (Å²) >= 11 is 0. The SMILES string of the molecule is Cc1ncc(-c2cncc(C[C@H]3CCN(C(=O)C(C)(C)C)C3)n2)n1C. The summed E-state index contributed by atoms with van der Waals surface area (Å²) < 4.78 is 2.02. The third kappa shape index (κ3) is 3.72. The minimum Gasteiger partial charge on any atom is -0.342 e. The fourth-order valence-corrected chi connectivity index (χ4v) is 3.32. The maximum absolute atomic E-state index is 12.4. The number of imidazole rings is 1. The summed E-state index contributed by atoms with van der Waals surface area (Å²) in [4.78, 5) is 27.9. The van der Waals surface area contributed by atoms with Crippen molar-refractivity contribution in [1.82, 2.24) is 24.4 Å². The average molecular weight is 341 g/mol. The van der Waals surface area contributed by atoms with Crippen LogP contribution in [-0.4, -0.2) is 43.4 Å². The van der Waals surface area contributed by atoms with E-state index >= 15 is 0 Å².